The maximum atomic E-state index is 5.72. The quantitative estimate of drug-likeness (QED) is 0.842. The first-order valence-corrected chi connectivity index (χ1v) is 6.19. The number of aryl methyl sites for hydroxylation is 2. The number of anilines is 1. The second-order valence-corrected chi connectivity index (χ2v) is 4.64. The van der Waals surface area contributed by atoms with Gasteiger partial charge in [0.05, 0.1) is 6.10 Å². The minimum atomic E-state index is 0.396. The van der Waals surface area contributed by atoms with Gasteiger partial charge in [-0.1, -0.05) is 18.2 Å². The number of rotatable bonds is 3. The Morgan fingerprint density at radius 2 is 2.00 bits per heavy atom. The normalized spacial score (nSPS) is 20.8. The molecule has 2 rings (SSSR count). The van der Waals surface area contributed by atoms with Gasteiger partial charge in [-0.3, -0.25) is 0 Å². The molecule has 1 N–H and O–H groups in total. The number of nitrogens with one attached hydrogen (secondary N) is 1. The van der Waals surface area contributed by atoms with Crippen LogP contribution in [0.15, 0.2) is 18.2 Å². The van der Waals surface area contributed by atoms with Crippen LogP contribution in [-0.2, 0) is 4.74 Å². The van der Waals surface area contributed by atoms with Crippen LogP contribution >= 0.6 is 0 Å². The summed E-state index contributed by atoms with van der Waals surface area (Å²) in [5, 5.41) is 3.53. The Labute approximate surface area is 98.0 Å². The first kappa shape index (κ1) is 11.5. The second kappa shape index (κ2) is 5.35. The minimum Gasteiger partial charge on any atom is -0.382 e. The van der Waals surface area contributed by atoms with E-state index in [1.807, 2.05) is 0 Å². The van der Waals surface area contributed by atoms with Crippen LogP contribution in [0.1, 0.15) is 30.4 Å². The van der Waals surface area contributed by atoms with Gasteiger partial charge in [0.25, 0.3) is 0 Å². The van der Waals surface area contributed by atoms with Gasteiger partial charge in [0.2, 0.25) is 0 Å². The van der Waals surface area contributed by atoms with Crippen molar-refractivity contribution >= 4 is 5.69 Å². The summed E-state index contributed by atoms with van der Waals surface area (Å²) < 4.78 is 5.72. The van der Waals surface area contributed by atoms with E-state index < -0.39 is 0 Å². The molecule has 88 valence electrons. The number of benzene rings is 1. The predicted molar refractivity (Wildman–Crippen MR) is 68.0 cm³/mol. The summed E-state index contributed by atoms with van der Waals surface area (Å²) >= 11 is 0. The third-order valence-electron chi connectivity index (χ3n) is 3.26. The molecule has 1 fully saturated rings. The van der Waals surface area contributed by atoms with Crippen molar-refractivity contribution in [3.63, 3.8) is 0 Å². The molecule has 1 aromatic carbocycles. The van der Waals surface area contributed by atoms with Gasteiger partial charge < -0.3 is 10.1 Å². The highest BCUT2D eigenvalue weighted by Gasteiger charge is 2.13. The third-order valence-corrected chi connectivity index (χ3v) is 3.26. The van der Waals surface area contributed by atoms with Crippen LogP contribution in [0.5, 0.6) is 0 Å². The molecule has 0 spiro atoms. The molecule has 1 unspecified atom stereocenters. The zero-order chi connectivity index (χ0) is 11.4. The molecule has 2 heteroatoms. The Bertz CT molecular complexity index is 322. The van der Waals surface area contributed by atoms with Crippen LogP contribution < -0.4 is 5.32 Å². The van der Waals surface area contributed by atoms with E-state index in [0.29, 0.717) is 6.10 Å². The van der Waals surface area contributed by atoms with E-state index in [2.05, 4.69) is 37.4 Å². The lowest BCUT2D eigenvalue weighted by atomic mass is 10.1. The Morgan fingerprint density at radius 3 is 2.62 bits per heavy atom. The second-order valence-electron chi connectivity index (χ2n) is 4.64. The highest BCUT2D eigenvalue weighted by Crippen LogP contribution is 2.20. The van der Waals surface area contributed by atoms with Crippen LogP contribution in [0.2, 0.25) is 0 Å². The summed E-state index contributed by atoms with van der Waals surface area (Å²) in [7, 11) is 0. The molecule has 1 heterocycles. The van der Waals surface area contributed by atoms with Gasteiger partial charge in [-0.25, -0.2) is 0 Å². The van der Waals surface area contributed by atoms with Crippen molar-refractivity contribution in [2.24, 2.45) is 0 Å². The Morgan fingerprint density at radius 1 is 1.25 bits per heavy atom. The molecule has 1 atom stereocenters. The molecular formula is C14H21NO. The van der Waals surface area contributed by atoms with Crippen molar-refractivity contribution in [3.05, 3.63) is 29.3 Å². The monoisotopic (exact) mass is 219 g/mol. The third kappa shape index (κ3) is 2.76. The lowest BCUT2D eigenvalue weighted by Gasteiger charge is -2.24. The van der Waals surface area contributed by atoms with Crippen molar-refractivity contribution in [1.29, 1.82) is 0 Å². The molecule has 1 saturated heterocycles. The Hall–Kier alpha value is -1.02. The maximum absolute atomic E-state index is 5.72. The van der Waals surface area contributed by atoms with Crippen molar-refractivity contribution < 1.29 is 4.74 Å². The zero-order valence-corrected chi connectivity index (χ0v) is 10.3. The molecule has 1 aliphatic heterocycles. The molecule has 1 aliphatic rings. The van der Waals surface area contributed by atoms with Crippen molar-refractivity contribution in [1.82, 2.24) is 0 Å². The molecule has 0 aromatic heterocycles. The van der Waals surface area contributed by atoms with E-state index in [0.717, 1.165) is 13.2 Å². The topological polar surface area (TPSA) is 21.3 Å². The van der Waals surface area contributed by atoms with E-state index in [-0.39, 0.29) is 0 Å². The fourth-order valence-electron chi connectivity index (χ4n) is 2.28. The molecule has 0 saturated carbocycles. The standard InChI is InChI=1S/C14H21NO/c1-11-6-5-7-12(2)14(11)15-10-13-8-3-4-9-16-13/h5-7,13,15H,3-4,8-10H2,1-2H3. The van der Waals surface area contributed by atoms with Gasteiger partial charge >= 0.3 is 0 Å². The summed E-state index contributed by atoms with van der Waals surface area (Å²) in [4.78, 5) is 0. The maximum Gasteiger partial charge on any atom is 0.0747 e. The highest BCUT2D eigenvalue weighted by atomic mass is 16.5. The number of hydrogen-bond donors (Lipinski definition) is 1. The van der Waals surface area contributed by atoms with Crippen molar-refractivity contribution in [3.8, 4) is 0 Å². The van der Waals surface area contributed by atoms with Gasteiger partial charge in [-0.15, -0.1) is 0 Å². The number of hydrogen-bond acceptors (Lipinski definition) is 2. The SMILES string of the molecule is Cc1cccc(C)c1NCC1CCCCO1. The molecule has 16 heavy (non-hydrogen) atoms. The van der Waals surface area contributed by atoms with Gasteiger partial charge in [0, 0.05) is 18.8 Å². The minimum absolute atomic E-state index is 0.396. The van der Waals surface area contributed by atoms with Gasteiger partial charge in [-0.2, -0.15) is 0 Å². The van der Waals surface area contributed by atoms with E-state index >= 15 is 0 Å². The Kier molecular flexibility index (Phi) is 3.83. The molecule has 0 aliphatic carbocycles. The fourth-order valence-corrected chi connectivity index (χ4v) is 2.28. The number of para-hydroxylation sites is 1. The molecule has 1 aromatic rings. The average molecular weight is 219 g/mol. The van der Waals surface area contributed by atoms with Crippen LogP contribution in [0.25, 0.3) is 0 Å². The molecule has 0 amide bonds. The highest BCUT2D eigenvalue weighted by molar-refractivity contribution is 5.56. The fraction of sp³-hybridized carbons (Fsp3) is 0.571. The van der Waals surface area contributed by atoms with Crippen LogP contribution in [-0.4, -0.2) is 19.3 Å². The van der Waals surface area contributed by atoms with E-state index in [1.54, 1.807) is 0 Å². The van der Waals surface area contributed by atoms with Crippen LogP contribution in [0, 0.1) is 13.8 Å². The van der Waals surface area contributed by atoms with Gasteiger partial charge in [-0.05, 0) is 44.2 Å². The van der Waals surface area contributed by atoms with Gasteiger partial charge in [0.15, 0.2) is 0 Å². The van der Waals surface area contributed by atoms with E-state index in [4.69, 9.17) is 4.74 Å². The molecule has 2 nitrogen and oxygen atoms in total. The molecule has 0 bridgehead atoms. The smallest absolute Gasteiger partial charge is 0.0747 e. The zero-order valence-electron chi connectivity index (χ0n) is 10.3. The molecular weight excluding hydrogens is 198 g/mol. The predicted octanol–water partition coefficient (Wildman–Crippen LogP) is 3.28. The van der Waals surface area contributed by atoms with Crippen molar-refractivity contribution in [2.45, 2.75) is 39.2 Å². The Balaban J connectivity index is 1.93. The summed E-state index contributed by atoms with van der Waals surface area (Å²) in [6.07, 6.45) is 4.12. The van der Waals surface area contributed by atoms with Crippen LogP contribution in [0.4, 0.5) is 5.69 Å². The van der Waals surface area contributed by atoms with E-state index in [1.165, 1.54) is 36.1 Å². The number of ether oxygens (including phenoxy) is 1. The summed E-state index contributed by atoms with van der Waals surface area (Å²) in [5.41, 5.74) is 3.91. The largest absolute Gasteiger partial charge is 0.382 e. The molecule has 0 radical (unpaired) electrons. The summed E-state index contributed by atoms with van der Waals surface area (Å²) in [6, 6.07) is 6.40. The van der Waals surface area contributed by atoms with Gasteiger partial charge in [0.1, 0.15) is 0 Å². The summed E-state index contributed by atoms with van der Waals surface area (Å²) in [6.45, 7) is 6.17. The van der Waals surface area contributed by atoms with E-state index in [9.17, 15) is 0 Å². The van der Waals surface area contributed by atoms with Crippen molar-refractivity contribution in [2.75, 3.05) is 18.5 Å². The average Bonchev–Trinajstić information content (AvgIpc) is 2.30. The first-order chi connectivity index (χ1) is 7.77. The lowest BCUT2D eigenvalue weighted by molar-refractivity contribution is 0.0247. The van der Waals surface area contributed by atoms with Crippen LogP contribution in [0.3, 0.4) is 0 Å². The first-order valence-electron chi connectivity index (χ1n) is 6.19. The lowest BCUT2D eigenvalue weighted by Crippen LogP contribution is -2.27. The summed E-state index contributed by atoms with van der Waals surface area (Å²) in [5.74, 6) is 0.